The number of para-hydroxylation sites is 3. The molecule has 1 heterocycles. The van der Waals surface area contributed by atoms with Crippen molar-refractivity contribution in [1.29, 1.82) is 0 Å². The summed E-state index contributed by atoms with van der Waals surface area (Å²) in [6.45, 7) is 0. The van der Waals surface area contributed by atoms with Gasteiger partial charge in [-0.3, -0.25) is 0 Å². The predicted molar refractivity (Wildman–Crippen MR) is 270 cm³/mol. The second kappa shape index (κ2) is 14.7. The molecular formula is C62H43NSi. The van der Waals surface area contributed by atoms with Gasteiger partial charge in [-0.2, -0.15) is 0 Å². The van der Waals surface area contributed by atoms with Crippen LogP contribution >= 0.6 is 0 Å². The molecule has 0 radical (unpaired) electrons. The van der Waals surface area contributed by atoms with Gasteiger partial charge in [0.15, 0.2) is 8.07 Å². The van der Waals surface area contributed by atoms with Crippen molar-refractivity contribution in [2.45, 2.75) is 11.8 Å². The first-order valence-corrected chi connectivity index (χ1v) is 24.5. The van der Waals surface area contributed by atoms with Crippen molar-refractivity contribution in [3.05, 3.63) is 282 Å². The van der Waals surface area contributed by atoms with Gasteiger partial charge in [-0.15, -0.1) is 0 Å². The predicted octanol–water partition coefficient (Wildman–Crippen LogP) is 12.5. The van der Waals surface area contributed by atoms with Crippen molar-refractivity contribution in [1.82, 2.24) is 4.57 Å². The average Bonchev–Trinajstić information content (AvgIpc) is 3.72. The number of fused-ring (bicyclic) bond motifs is 3. The minimum absolute atomic E-state index is 0.0503. The summed E-state index contributed by atoms with van der Waals surface area (Å²) in [5.41, 5.74) is 17.3. The molecule has 3 aliphatic carbocycles. The van der Waals surface area contributed by atoms with Crippen LogP contribution in [-0.4, -0.2) is 12.6 Å². The largest absolute Gasteiger partial charge is 0.309 e. The van der Waals surface area contributed by atoms with Crippen LogP contribution < -0.4 is 20.7 Å². The summed E-state index contributed by atoms with van der Waals surface area (Å²) in [4.78, 5) is 0. The molecule has 300 valence electrons. The van der Waals surface area contributed by atoms with Gasteiger partial charge in [0.1, 0.15) is 0 Å². The monoisotopic (exact) mass is 829 g/mol. The molecule has 0 spiro atoms. The number of benzene rings is 10. The van der Waals surface area contributed by atoms with Crippen molar-refractivity contribution in [3.63, 3.8) is 0 Å². The third-order valence-corrected chi connectivity index (χ3v) is 19.2. The first-order valence-electron chi connectivity index (χ1n) is 22.5. The average molecular weight is 830 g/mol. The van der Waals surface area contributed by atoms with E-state index in [-0.39, 0.29) is 11.8 Å². The van der Waals surface area contributed by atoms with E-state index in [2.05, 4.69) is 253 Å². The Hall–Kier alpha value is -7.78. The molecular weight excluding hydrogens is 787 g/mol. The van der Waals surface area contributed by atoms with Gasteiger partial charge in [0, 0.05) is 33.9 Å². The van der Waals surface area contributed by atoms with E-state index in [0.717, 1.165) is 0 Å². The summed E-state index contributed by atoms with van der Waals surface area (Å²) in [6, 6.07) is 93.8. The van der Waals surface area contributed by atoms with E-state index in [1.165, 1.54) is 104 Å². The molecule has 0 aliphatic heterocycles. The van der Waals surface area contributed by atoms with Gasteiger partial charge in [0.05, 0.1) is 11.0 Å². The molecule has 0 N–H and O–H groups in total. The van der Waals surface area contributed by atoms with Gasteiger partial charge < -0.3 is 4.57 Å². The molecule has 64 heavy (non-hydrogen) atoms. The van der Waals surface area contributed by atoms with E-state index in [0.29, 0.717) is 0 Å². The fourth-order valence-electron chi connectivity index (χ4n) is 11.9. The minimum Gasteiger partial charge on any atom is -0.309 e. The number of hydrogen-bond donors (Lipinski definition) is 0. The zero-order valence-corrected chi connectivity index (χ0v) is 36.3. The Bertz CT molecular complexity index is 3460. The number of rotatable bonds is 7. The van der Waals surface area contributed by atoms with E-state index in [1.807, 2.05) is 0 Å². The van der Waals surface area contributed by atoms with Crippen LogP contribution in [0.15, 0.2) is 249 Å². The lowest BCUT2D eigenvalue weighted by atomic mass is 9.60. The molecule has 3 aliphatic rings. The smallest absolute Gasteiger partial charge is 0.179 e. The van der Waals surface area contributed by atoms with Crippen LogP contribution in [0, 0.1) is 0 Å². The fraction of sp³-hybridized carbons (Fsp3) is 0.0323. The fourth-order valence-corrected chi connectivity index (χ4v) is 16.9. The SMILES string of the molecule is c1ccc(-n2c3ccccc3c3cccc(-c4cccc(-c5cccc6c5C5c7ccccc7C6c6cccc([Si](c7ccccc7)(c7ccccc7)c7ccccc7)c65)c4)c32)cc1. The van der Waals surface area contributed by atoms with Crippen LogP contribution in [0.1, 0.15) is 45.2 Å². The molecule has 14 rings (SSSR count). The molecule has 0 saturated heterocycles. The van der Waals surface area contributed by atoms with Crippen LogP contribution in [0.2, 0.25) is 0 Å². The summed E-state index contributed by atoms with van der Waals surface area (Å²) in [5, 5.41) is 8.21. The Kier molecular flexibility index (Phi) is 8.44. The first kappa shape index (κ1) is 36.8. The lowest BCUT2D eigenvalue weighted by Gasteiger charge is -2.47. The standard InChI is InChI=1S/C62H43NSi/c1-5-23-44(24-6-1)63-56-39-16-15-31-50(56)53-36-19-35-49(62(53)63)43-22-17-21-42(41-43)48-34-18-37-54-58-51-32-13-14-33-52(51)61(59(48)54)60-55(58)38-20-40-57(60)64(45-25-7-2-8-26-45,46-27-9-3-10-28-46)47-29-11-4-12-30-47/h1-41,58,61H. The van der Waals surface area contributed by atoms with Gasteiger partial charge in [-0.25, -0.2) is 0 Å². The van der Waals surface area contributed by atoms with Gasteiger partial charge in [0.2, 0.25) is 0 Å². The van der Waals surface area contributed by atoms with Crippen molar-refractivity contribution in [2.24, 2.45) is 0 Å². The number of nitrogens with zero attached hydrogens (tertiary/aromatic N) is 1. The van der Waals surface area contributed by atoms with Crippen LogP contribution in [0.4, 0.5) is 0 Å². The maximum Gasteiger partial charge on any atom is 0.179 e. The topological polar surface area (TPSA) is 4.93 Å². The summed E-state index contributed by atoms with van der Waals surface area (Å²) in [6.07, 6.45) is 0. The maximum absolute atomic E-state index is 2.89. The van der Waals surface area contributed by atoms with Crippen molar-refractivity contribution >= 4 is 50.6 Å². The highest BCUT2D eigenvalue weighted by atomic mass is 28.3. The zero-order valence-electron chi connectivity index (χ0n) is 35.3. The van der Waals surface area contributed by atoms with Gasteiger partial charge in [-0.1, -0.05) is 224 Å². The van der Waals surface area contributed by atoms with Crippen molar-refractivity contribution in [2.75, 3.05) is 0 Å². The Morgan fingerprint density at radius 3 is 1.47 bits per heavy atom. The van der Waals surface area contributed by atoms with Crippen LogP contribution in [0.5, 0.6) is 0 Å². The first-order chi connectivity index (χ1) is 31.8. The Morgan fingerprint density at radius 1 is 0.328 bits per heavy atom. The van der Waals surface area contributed by atoms with Crippen LogP contribution in [0.3, 0.4) is 0 Å². The molecule has 0 fully saturated rings. The van der Waals surface area contributed by atoms with Crippen molar-refractivity contribution in [3.8, 4) is 27.9 Å². The molecule has 0 saturated carbocycles. The lowest BCUT2D eigenvalue weighted by Crippen LogP contribution is -2.75. The van der Waals surface area contributed by atoms with Gasteiger partial charge in [0.25, 0.3) is 0 Å². The molecule has 2 heteroatoms. The summed E-state index contributed by atoms with van der Waals surface area (Å²) in [5.74, 6) is 0.174. The molecule has 2 bridgehead atoms. The third-order valence-electron chi connectivity index (χ3n) is 14.3. The molecule has 1 aromatic heterocycles. The summed E-state index contributed by atoms with van der Waals surface area (Å²) < 4.78 is 2.45. The molecule has 10 aromatic carbocycles. The highest BCUT2D eigenvalue weighted by molar-refractivity contribution is 7.20. The van der Waals surface area contributed by atoms with Gasteiger partial charge in [-0.05, 0) is 95.1 Å². The Balaban J connectivity index is 1.07. The Labute approximate surface area is 375 Å². The quantitative estimate of drug-likeness (QED) is 0.111. The highest BCUT2D eigenvalue weighted by Gasteiger charge is 2.49. The second-order valence-corrected chi connectivity index (χ2v) is 21.2. The second-order valence-electron chi connectivity index (χ2n) is 17.4. The molecule has 2 atom stereocenters. The molecule has 2 unspecified atom stereocenters. The lowest BCUT2D eigenvalue weighted by molar-refractivity contribution is 0.760. The third kappa shape index (κ3) is 5.30. The van der Waals surface area contributed by atoms with E-state index in [1.54, 1.807) is 0 Å². The van der Waals surface area contributed by atoms with Gasteiger partial charge >= 0.3 is 0 Å². The van der Waals surface area contributed by atoms with Crippen LogP contribution in [0.25, 0.3) is 49.7 Å². The van der Waals surface area contributed by atoms with Crippen LogP contribution in [-0.2, 0) is 0 Å². The summed E-state index contributed by atoms with van der Waals surface area (Å²) >= 11 is 0. The maximum atomic E-state index is 2.50. The van der Waals surface area contributed by atoms with E-state index in [9.17, 15) is 0 Å². The Morgan fingerprint density at radius 2 is 0.797 bits per heavy atom. The number of aromatic nitrogens is 1. The van der Waals surface area contributed by atoms with E-state index in [4.69, 9.17) is 0 Å². The molecule has 0 amide bonds. The molecule has 1 nitrogen and oxygen atoms in total. The van der Waals surface area contributed by atoms with E-state index < -0.39 is 8.07 Å². The zero-order chi connectivity index (χ0) is 42.2. The highest BCUT2D eigenvalue weighted by Crippen LogP contribution is 2.57. The van der Waals surface area contributed by atoms with E-state index >= 15 is 0 Å². The molecule has 11 aromatic rings. The minimum atomic E-state index is -2.89. The summed E-state index contributed by atoms with van der Waals surface area (Å²) in [7, 11) is -2.89. The van der Waals surface area contributed by atoms with Crippen molar-refractivity contribution < 1.29 is 0 Å². The normalized spacial score (nSPS) is 14.9. The number of hydrogen-bond acceptors (Lipinski definition) is 0.